The van der Waals surface area contributed by atoms with Gasteiger partial charge in [-0.2, -0.15) is 0 Å². The first-order valence-electron chi connectivity index (χ1n) is 7.93. The van der Waals surface area contributed by atoms with E-state index in [-0.39, 0.29) is 6.03 Å². The summed E-state index contributed by atoms with van der Waals surface area (Å²) in [5.41, 5.74) is 2.34. The van der Waals surface area contributed by atoms with Crippen LogP contribution in [-0.4, -0.2) is 33.8 Å². The zero-order valence-corrected chi connectivity index (χ0v) is 14.7. The van der Waals surface area contributed by atoms with Gasteiger partial charge in [0, 0.05) is 18.8 Å². The van der Waals surface area contributed by atoms with E-state index < -0.39 is 10.0 Å². The molecule has 1 heterocycles. The minimum atomic E-state index is -3.26. The molecule has 1 aliphatic rings. The molecule has 2 rings (SSSR count). The lowest BCUT2D eigenvalue weighted by atomic mass is 10.0. The molecule has 0 unspecified atom stereocenters. The number of benzene rings is 1. The second-order valence-electron chi connectivity index (χ2n) is 6.35. The predicted octanol–water partition coefficient (Wildman–Crippen LogP) is 2.57. The molecule has 6 nitrogen and oxygen atoms in total. The molecular formula is C16H25N3O3S. The molecule has 2 amide bonds. The van der Waals surface area contributed by atoms with Crippen LogP contribution in [-0.2, 0) is 16.4 Å². The van der Waals surface area contributed by atoms with Crippen molar-refractivity contribution < 1.29 is 13.2 Å². The average molecular weight is 339 g/mol. The van der Waals surface area contributed by atoms with E-state index in [1.54, 1.807) is 12.1 Å². The molecule has 1 aromatic rings. The van der Waals surface area contributed by atoms with Crippen molar-refractivity contribution in [3.8, 4) is 0 Å². The van der Waals surface area contributed by atoms with E-state index >= 15 is 0 Å². The Morgan fingerprint density at radius 1 is 1.35 bits per heavy atom. The number of fused-ring (bicyclic) bond motifs is 1. The molecule has 23 heavy (non-hydrogen) atoms. The van der Waals surface area contributed by atoms with Gasteiger partial charge in [0.05, 0.1) is 11.9 Å². The van der Waals surface area contributed by atoms with E-state index in [1.807, 2.05) is 6.07 Å². The van der Waals surface area contributed by atoms with Crippen LogP contribution < -0.4 is 14.9 Å². The van der Waals surface area contributed by atoms with Crippen LogP contribution in [0.15, 0.2) is 18.2 Å². The number of anilines is 2. The topological polar surface area (TPSA) is 78.5 Å². The van der Waals surface area contributed by atoms with Crippen molar-refractivity contribution in [2.45, 2.75) is 33.1 Å². The van der Waals surface area contributed by atoms with Crippen molar-refractivity contribution in [2.75, 3.05) is 29.0 Å². The number of nitrogens with one attached hydrogen (secondary N) is 2. The van der Waals surface area contributed by atoms with Crippen molar-refractivity contribution in [1.82, 2.24) is 5.32 Å². The maximum atomic E-state index is 11.9. The number of sulfonamides is 1. The van der Waals surface area contributed by atoms with Crippen molar-refractivity contribution in [3.05, 3.63) is 23.8 Å². The molecule has 0 saturated carbocycles. The molecule has 0 aromatic heterocycles. The summed E-state index contributed by atoms with van der Waals surface area (Å²) in [6.45, 7) is 5.36. The van der Waals surface area contributed by atoms with Gasteiger partial charge in [-0.25, -0.2) is 13.2 Å². The Morgan fingerprint density at radius 2 is 2.09 bits per heavy atom. The summed E-state index contributed by atoms with van der Waals surface area (Å²) in [6.07, 6.45) is 3.74. The largest absolute Gasteiger partial charge is 0.338 e. The van der Waals surface area contributed by atoms with Crippen LogP contribution in [0.2, 0.25) is 0 Å². The van der Waals surface area contributed by atoms with Gasteiger partial charge in [-0.05, 0) is 48.9 Å². The van der Waals surface area contributed by atoms with Crippen molar-refractivity contribution in [2.24, 2.45) is 5.92 Å². The van der Waals surface area contributed by atoms with Gasteiger partial charge in [-0.1, -0.05) is 13.8 Å². The summed E-state index contributed by atoms with van der Waals surface area (Å²) >= 11 is 0. The molecule has 0 atom stereocenters. The minimum Gasteiger partial charge on any atom is -0.338 e. The maximum absolute atomic E-state index is 11.9. The van der Waals surface area contributed by atoms with E-state index in [0.29, 0.717) is 30.4 Å². The number of aryl methyl sites for hydroxylation is 1. The zero-order chi connectivity index (χ0) is 17.0. The Hall–Kier alpha value is -1.76. The zero-order valence-electron chi connectivity index (χ0n) is 13.9. The fourth-order valence-electron chi connectivity index (χ4n) is 2.63. The molecule has 0 spiro atoms. The van der Waals surface area contributed by atoms with E-state index in [1.165, 1.54) is 10.6 Å². The van der Waals surface area contributed by atoms with Gasteiger partial charge in [0.25, 0.3) is 0 Å². The van der Waals surface area contributed by atoms with Gasteiger partial charge in [0.1, 0.15) is 0 Å². The highest BCUT2D eigenvalue weighted by Gasteiger charge is 2.24. The third-order valence-electron chi connectivity index (χ3n) is 3.82. The van der Waals surface area contributed by atoms with E-state index in [2.05, 4.69) is 24.5 Å². The Morgan fingerprint density at radius 3 is 2.74 bits per heavy atom. The molecular weight excluding hydrogens is 314 g/mol. The van der Waals surface area contributed by atoms with E-state index in [4.69, 9.17) is 0 Å². The van der Waals surface area contributed by atoms with E-state index in [9.17, 15) is 13.2 Å². The number of urea groups is 1. The Balaban J connectivity index is 2.05. The molecule has 0 bridgehead atoms. The smallest absolute Gasteiger partial charge is 0.319 e. The number of carbonyl (C=O) groups is 1. The summed E-state index contributed by atoms with van der Waals surface area (Å²) in [7, 11) is -3.26. The van der Waals surface area contributed by atoms with Crippen LogP contribution in [0.5, 0.6) is 0 Å². The third-order valence-corrected chi connectivity index (χ3v) is 5.00. The van der Waals surface area contributed by atoms with Crippen LogP contribution in [0, 0.1) is 5.92 Å². The molecule has 128 valence electrons. The second-order valence-corrected chi connectivity index (χ2v) is 8.25. The van der Waals surface area contributed by atoms with Gasteiger partial charge < -0.3 is 10.6 Å². The Kier molecular flexibility index (Phi) is 5.51. The second kappa shape index (κ2) is 7.21. The van der Waals surface area contributed by atoms with E-state index in [0.717, 1.165) is 24.8 Å². The number of nitrogens with zero attached hydrogens (tertiary/aromatic N) is 1. The quantitative estimate of drug-likeness (QED) is 0.865. The minimum absolute atomic E-state index is 0.235. The Labute approximate surface area is 138 Å². The molecule has 0 fully saturated rings. The fourth-order valence-corrected chi connectivity index (χ4v) is 3.63. The molecule has 2 N–H and O–H groups in total. The van der Waals surface area contributed by atoms with Gasteiger partial charge in [0.2, 0.25) is 10.0 Å². The lowest BCUT2D eigenvalue weighted by Gasteiger charge is -2.29. The monoisotopic (exact) mass is 339 g/mol. The predicted molar refractivity (Wildman–Crippen MR) is 93.4 cm³/mol. The van der Waals surface area contributed by atoms with Gasteiger partial charge >= 0.3 is 6.03 Å². The number of hydrogen-bond donors (Lipinski definition) is 2. The van der Waals surface area contributed by atoms with Crippen LogP contribution in [0.25, 0.3) is 0 Å². The number of carbonyl (C=O) groups excluding carboxylic acids is 1. The highest BCUT2D eigenvalue weighted by Crippen LogP contribution is 2.31. The molecule has 7 heteroatoms. The summed E-state index contributed by atoms with van der Waals surface area (Å²) in [4.78, 5) is 11.9. The SMILES string of the molecule is CC(C)CCNC(=O)Nc1ccc2c(c1)CCCN2S(C)(=O)=O. The molecule has 0 radical (unpaired) electrons. The summed E-state index contributed by atoms with van der Waals surface area (Å²) < 4.78 is 25.1. The van der Waals surface area contributed by atoms with Crippen molar-refractivity contribution >= 4 is 27.4 Å². The number of hydrogen-bond acceptors (Lipinski definition) is 3. The third kappa shape index (κ3) is 4.86. The van der Waals surface area contributed by atoms with Crippen molar-refractivity contribution in [1.29, 1.82) is 0 Å². The first-order chi connectivity index (χ1) is 10.8. The molecule has 1 aromatic carbocycles. The summed E-state index contributed by atoms with van der Waals surface area (Å²) in [6, 6.07) is 5.12. The first kappa shape index (κ1) is 17.6. The van der Waals surface area contributed by atoms with Crippen LogP contribution in [0.1, 0.15) is 32.3 Å². The number of rotatable bonds is 5. The maximum Gasteiger partial charge on any atom is 0.319 e. The molecule has 0 aliphatic carbocycles. The lowest BCUT2D eigenvalue weighted by Crippen LogP contribution is -2.34. The standard InChI is InChI=1S/C16H25N3O3S/c1-12(2)8-9-17-16(20)18-14-6-7-15-13(11-14)5-4-10-19(15)23(3,21)22/h6-7,11-12H,4-5,8-10H2,1-3H3,(H2,17,18,20). The van der Waals surface area contributed by atoms with Crippen LogP contribution in [0.3, 0.4) is 0 Å². The van der Waals surface area contributed by atoms with Crippen LogP contribution in [0.4, 0.5) is 16.2 Å². The number of amides is 2. The van der Waals surface area contributed by atoms with Crippen LogP contribution >= 0.6 is 0 Å². The summed E-state index contributed by atoms with van der Waals surface area (Å²) in [5.74, 6) is 0.543. The normalized spacial score (nSPS) is 14.5. The Bertz CT molecular complexity index is 671. The average Bonchev–Trinajstić information content (AvgIpc) is 2.45. The highest BCUT2D eigenvalue weighted by atomic mass is 32.2. The van der Waals surface area contributed by atoms with Gasteiger partial charge in [-0.3, -0.25) is 4.31 Å². The first-order valence-corrected chi connectivity index (χ1v) is 9.77. The summed E-state index contributed by atoms with van der Waals surface area (Å²) in [5, 5.41) is 5.62. The van der Waals surface area contributed by atoms with Gasteiger partial charge in [-0.15, -0.1) is 0 Å². The van der Waals surface area contributed by atoms with Gasteiger partial charge in [0.15, 0.2) is 0 Å². The lowest BCUT2D eigenvalue weighted by molar-refractivity contribution is 0.251. The molecule has 1 aliphatic heterocycles. The fraction of sp³-hybridized carbons (Fsp3) is 0.562. The molecule has 0 saturated heterocycles. The van der Waals surface area contributed by atoms with Crippen molar-refractivity contribution in [3.63, 3.8) is 0 Å². The highest BCUT2D eigenvalue weighted by molar-refractivity contribution is 7.92.